The van der Waals surface area contributed by atoms with Crippen molar-refractivity contribution in [2.75, 3.05) is 0 Å². The summed E-state index contributed by atoms with van der Waals surface area (Å²) < 4.78 is 0. The Balaban J connectivity index is 0.00000871. The molecule has 0 radical (unpaired) electrons. The van der Waals surface area contributed by atoms with Crippen LogP contribution in [-0.4, -0.2) is 90.5 Å². The Bertz CT molecular complexity index is 2250. The number of hydrogen-bond acceptors (Lipinski definition) is 12. The quantitative estimate of drug-likeness (QED) is 0.0822. The number of aromatic nitrogens is 1. The van der Waals surface area contributed by atoms with Gasteiger partial charge in [-0.15, -0.1) is 11.4 Å². The van der Waals surface area contributed by atoms with Gasteiger partial charge in [0.15, 0.2) is 0 Å². The molecule has 2 saturated heterocycles. The second-order valence-corrected chi connectivity index (χ2v) is 16.4. The Kier molecular flexibility index (Phi) is 15.5. The van der Waals surface area contributed by atoms with Gasteiger partial charge in [-0.05, 0) is 66.6 Å². The fourth-order valence-corrected chi connectivity index (χ4v) is 9.33. The standard InChI is InChI=1S/C42H48N4O16.Fe.2H/c1-41(17-39(59)60)23(5-9-35(51)52)29-14-27-21(11-37(55)56)19(3-7-33(47)48)25(43-27)13-26-20(4-8-34(49)50)22(12-38(57)58)28(44-26)15-31-42(2,18-40(61)62)24(6-10-36(53)54)30(46-31)16-32(41)45-29;;;/h13-16,23-24,28,32,44-45H,3-12,17-18H2,1-2H3,(H,47,48)(H,49,50)(H,51,52)(H,53,54)(H,55,56)(H,57,58)(H,59,60)(H,61,62);;;/q-2;;;/p-2/t23-,24-,28?,32?,41+,42+;;;/m1.../s1. The molecule has 0 aliphatic carbocycles. The zero-order valence-corrected chi connectivity index (χ0v) is 35.4. The SMILES string of the molecule is C[C@@]1(CC(=O)[O-])C2=CC3NC(=Cc4[n-]c(c(CC(=O)O)c4CCC(=O)O)C=C4NC(C=C([N-]2)[C@H]1CCC(=O)O)[C@@](C)(CC(=O)[O-])[C@@H]4CCC(=O)O)C(CCC(=O)O)=C3CC(=O)O.[FeH2]. The molecular formula is C42H48FeN4O16-4. The third kappa shape index (κ3) is 11.2. The van der Waals surface area contributed by atoms with E-state index in [1.807, 2.05) is 0 Å². The van der Waals surface area contributed by atoms with E-state index in [4.69, 9.17) is 10.3 Å². The average molecular weight is 921 g/mol. The molecule has 63 heavy (non-hydrogen) atoms. The van der Waals surface area contributed by atoms with Gasteiger partial charge < -0.3 is 71.4 Å². The van der Waals surface area contributed by atoms with Crippen molar-refractivity contribution >= 4 is 59.9 Å². The molecule has 5 rings (SSSR count). The molecule has 2 fully saturated rings. The number of carbonyl (C=O) groups is 8. The first kappa shape index (κ1) is 49.3. The maximum absolute atomic E-state index is 12.5. The average Bonchev–Trinajstić information content (AvgIpc) is 3.77. The molecule has 2 unspecified atom stereocenters. The Morgan fingerprint density at radius 2 is 1.22 bits per heavy atom. The van der Waals surface area contributed by atoms with Crippen LogP contribution >= 0.6 is 0 Å². The summed E-state index contributed by atoms with van der Waals surface area (Å²) >= 11 is 0. The number of fused-ring (bicyclic) bond motifs is 8. The second kappa shape index (κ2) is 19.8. The zero-order valence-electron chi connectivity index (χ0n) is 34.2. The predicted octanol–water partition coefficient (Wildman–Crippen LogP) is 0.435. The molecule has 0 aromatic carbocycles. The van der Waals surface area contributed by atoms with Gasteiger partial charge in [0.2, 0.25) is 0 Å². The van der Waals surface area contributed by atoms with Gasteiger partial charge in [0, 0.05) is 66.4 Å². The van der Waals surface area contributed by atoms with E-state index in [9.17, 15) is 79.2 Å². The van der Waals surface area contributed by atoms with E-state index in [0.717, 1.165) is 0 Å². The van der Waals surface area contributed by atoms with Crippen molar-refractivity contribution < 1.29 is 96.3 Å². The van der Waals surface area contributed by atoms with E-state index in [0.29, 0.717) is 0 Å². The number of carboxylic acids is 8. The topological polar surface area (TPSA) is 356 Å². The van der Waals surface area contributed by atoms with Crippen LogP contribution < -0.4 is 25.8 Å². The first-order valence-electron chi connectivity index (χ1n) is 19.8. The molecule has 6 atom stereocenters. The van der Waals surface area contributed by atoms with Gasteiger partial charge in [-0.2, -0.15) is 11.4 Å². The summed E-state index contributed by atoms with van der Waals surface area (Å²) in [6, 6.07) is -2.16. The van der Waals surface area contributed by atoms with Crippen molar-refractivity contribution in [2.45, 2.75) is 103 Å². The van der Waals surface area contributed by atoms with E-state index < -0.39 is 134 Å². The summed E-state index contributed by atoms with van der Waals surface area (Å²) in [4.78, 5) is 102. The first-order chi connectivity index (χ1) is 29.0. The Morgan fingerprint density at radius 1 is 0.667 bits per heavy atom. The fourth-order valence-electron chi connectivity index (χ4n) is 9.33. The molecule has 20 nitrogen and oxygen atoms in total. The number of allylic oxidation sites excluding steroid dienone is 4. The van der Waals surface area contributed by atoms with Crippen LogP contribution in [0.2, 0.25) is 0 Å². The molecule has 8 N–H and O–H groups in total. The van der Waals surface area contributed by atoms with E-state index in [1.54, 1.807) is 6.92 Å². The van der Waals surface area contributed by atoms with Crippen LogP contribution in [0, 0.1) is 22.7 Å². The molecule has 344 valence electrons. The summed E-state index contributed by atoms with van der Waals surface area (Å²) in [5.41, 5.74) is -1.74. The van der Waals surface area contributed by atoms with Gasteiger partial charge in [0.05, 0.1) is 18.9 Å². The monoisotopic (exact) mass is 920 g/mol. The summed E-state index contributed by atoms with van der Waals surface area (Å²) in [7, 11) is 0. The van der Waals surface area contributed by atoms with E-state index in [1.165, 1.54) is 31.2 Å². The van der Waals surface area contributed by atoms with Crippen LogP contribution in [0.5, 0.6) is 0 Å². The Morgan fingerprint density at radius 3 is 1.78 bits per heavy atom. The van der Waals surface area contributed by atoms with E-state index in [2.05, 4.69) is 10.6 Å². The molecule has 0 spiro atoms. The van der Waals surface area contributed by atoms with Crippen molar-refractivity contribution in [3.8, 4) is 0 Å². The van der Waals surface area contributed by atoms with Crippen LogP contribution in [0.15, 0.2) is 46.1 Å². The minimum absolute atomic E-state index is 0. The van der Waals surface area contributed by atoms with Crippen LogP contribution in [0.1, 0.15) is 101 Å². The van der Waals surface area contributed by atoms with Crippen LogP contribution in [0.25, 0.3) is 17.5 Å². The Hall–Kier alpha value is -6.34. The molecule has 21 heteroatoms. The number of nitrogens with zero attached hydrogens (tertiary/aromatic N) is 2. The fraction of sp³-hybridized carbons (Fsp3) is 0.476. The maximum atomic E-state index is 12.5. The van der Waals surface area contributed by atoms with Crippen LogP contribution in [0.4, 0.5) is 0 Å². The van der Waals surface area contributed by atoms with Crippen molar-refractivity contribution in [1.29, 1.82) is 0 Å². The zero-order chi connectivity index (χ0) is 45.8. The summed E-state index contributed by atoms with van der Waals surface area (Å²) in [6.07, 6.45) is 0.426. The third-order valence-electron chi connectivity index (χ3n) is 12.2. The number of aliphatic carboxylic acids is 8. The van der Waals surface area contributed by atoms with Crippen LogP contribution in [-0.2, 0) is 68.3 Å². The second-order valence-electron chi connectivity index (χ2n) is 16.4. The Labute approximate surface area is 370 Å². The van der Waals surface area contributed by atoms with Gasteiger partial charge in [-0.3, -0.25) is 28.8 Å². The van der Waals surface area contributed by atoms with Crippen molar-refractivity contribution in [2.24, 2.45) is 22.7 Å². The number of hydrogen-bond donors (Lipinski definition) is 8. The van der Waals surface area contributed by atoms with E-state index >= 15 is 0 Å². The van der Waals surface area contributed by atoms with Gasteiger partial charge in [-0.25, -0.2) is 0 Å². The molecule has 4 aliphatic heterocycles. The van der Waals surface area contributed by atoms with Crippen molar-refractivity contribution in [3.05, 3.63) is 73.9 Å². The van der Waals surface area contributed by atoms with Gasteiger partial charge in [-0.1, -0.05) is 43.7 Å². The normalized spacial score (nSPS) is 24.6. The van der Waals surface area contributed by atoms with Gasteiger partial charge in [0.25, 0.3) is 0 Å². The van der Waals surface area contributed by atoms with Crippen molar-refractivity contribution in [3.63, 3.8) is 0 Å². The summed E-state index contributed by atoms with van der Waals surface area (Å²) in [6.45, 7) is 3.08. The summed E-state index contributed by atoms with van der Waals surface area (Å²) in [5, 5.41) is 95.4. The first-order valence-corrected chi connectivity index (χ1v) is 19.8. The van der Waals surface area contributed by atoms with Gasteiger partial charge >= 0.3 is 52.9 Å². The van der Waals surface area contributed by atoms with Gasteiger partial charge in [0.1, 0.15) is 0 Å². The minimum atomic E-state index is -1.53. The number of carbonyl (C=O) groups excluding carboxylic acids is 2. The van der Waals surface area contributed by atoms with Crippen molar-refractivity contribution in [1.82, 2.24) is 15.6 Å². The number of carboxylic acid groups (broad SMARTS) is 8. The predicted molar refractivity (Wildman–Crippen MR) is 212 cm³/mol. The van der Waals surface area contributed by atoms with Crippen LogP contribution in [0.3, 0.4) is 0 Å². The number of rotatable bonds is 20. The molecule has 4 aliphatic rings. The molecule has 0 amide bonds. The van der Waals surface area contributed by atoms with E-state index in [-0.39, 0.29) is 99.2 Å². The molecular weight excluding hydrogens is 872 g/mol. The third-order valence-corrected chi connectivity index (χ3v) is 12.2. The molecule has 8 bridgehead atoms. The molecule has 1 aromatic rings. The molecule has 5 heterocycles. The molecule has 1 aromatic heterocycles. The molecule has 0 saturated carbocycles. The number of nitrogens with one attached hydrogen (secondary N) is 2. The summed E-state index contributed by atoms with van der Waals surface area (Å²) in [5.74, 6) is -12.5.